The summed E-state index contributed by atoms with van der Waals surface area (Å²) in [5, 5.41) is 9.21. The van der Waals surface area contributed by atoms with Crippen molar-refractivity contribution in [2.24, 2.45) is 0 Å². The highest BCUT2D eigenvalue weighted by molar-refractivity contribution is 5.79. The number of carbonyl (C=O) groups is 2. The van der Waals surface area contributed by atoms with Crippen molar-refractivity contribution >= 4 is 12.1 Å². The first-order valence-electron chi connectivity index (χ1n) is 7.44. The summed E-state index contributed by atoms with van der Waals surface area (Å²) >= 11 is 0. The van der Waals surface area contributed by atoms with Crippen molar-refractivity contribution in [1.82, 2.24) is 4.90 Å². The molecule has 1 unspecified atom stereocenters. The maximum atomic E-state index is 12.3. The van der Waals surface area contributed by atoms with Gasteiger partial charge in [-0.2, -0.15) is 0 Å². The number of aliphatic carboxylic acids is 1. The van der Waals surface area contributed by atoms with Crippen LogP contribution in [-0.4, -0.2) is 33.7 Å². The lowest BCUT2D eigenvalue weighted by molar-refractivity contribution is -0.142. The summed E-state index contributed by atoms with van der Waals surface area (Å²) in [5.41, 5.74) is 1.40. The van der Waals surface area contributed by atoms with Crippen molar-refractivity contribution < 1.29 is 19.4 Å². The van der Waals surface area contributed by atoms with E-state index in [1.54, 1.807) is 20.8 Å². The van der Waals surface area contributed by atoms with E-state index in [2.05, 4.69) is 6.92 Å². The smallest absolute Gasteiger partial charge is 0.411 e. The summed E-state index contributed by atoms with van der Waals surface area (Å²) in [7, 11) is 0. The first kappa shape index (κ1) is 18.0. The number of amides is 1. The zero-order valence-corrected chi connectivity index (χ0v) is 13.9. The summed E-state index contributed by atoms with van der Waals surface area (Å²) in [5.74, 6) is -1.06. The van der Waals surface area contributed by atoms with E-state index in [0.29, 0.717) is 0 Å². The summed E-state index contributed by atoms with van der Waals surface area (Å²) < 4.78 is 5.31. The van der Waals surface area contributed by atoms with Crippen LogP contribution in [0.1, 0.15) is 45.7 Å². The van der Waals surface area contributed by atoms with Gasteiger partial charge >= 0.3 is 12.1 Å². The zero-order valence-electron chi connectivity index (χ0n) is 13.9. The number of carbonyl (C=O) groups excluding carboxylic acids is 1. The van der Waals surface area contributed by atoms with Crippen molar-refractivity contribution in [3.05, 3.63) is 35.4 Å². The number of rotatable bonds is 5. The lowest BCUT2D eigenvalue weighted by atomic mass is 10.1. The van der Waals surface area contributed by atoms with E-state index in [0.717, 1.165) is 12.0 Å². The SMILES string of the molecule is CCc1ccc(CN(C(=O)OC(C)(C)C)C(C)C(=O)O)cc1. The number of nitrogens with zero attached hydrogens (tertiary/aromatic N) is 1. The second-order valence-electron chi connectivity index (χ2n) is 6.29. The zero-order chi connectivity index (χ0) is 16.9. The molecule has 0 aliphatic rings. The van der Waals surface area contributed by atoms with Gasteiger partial charge < -0.3 is 9.84 Å². The lowest BCUT2D eigenvalue weighted by Gasteiger charge is -2.30. The van der Waals surface area contributed by atoms with Crippen LogP contribution in [0.3, 0.4) is 0 Å². The van der Waals surface area contributed by atoms with Crippen molar-refractivity contribution in [1.29, 1.82) is 0 Å². The van der Waals surface area contributed by atoms with Gasteiger partial charge in [-0.25, -0.2) is 9.59 Å². The molecule has 0 aromatic heterocycles. The van der Waals surface area contributed by atoms with Crippen LogP contribution in [0, 0.1) is 0 Å². The van der Waals surface area contributed by atoms with E-state index >= 15 is 0 Å². The second-order valence-corrected chi connectivity index (χ2v) is 6.29. The molecule has 0 saturated carbocycles. The Bertz CT molecular complexity index is 516. The normalized spacial score (nSPS) is 12.6. The van der Waals surface area contributed by atoms with Crippen LogP contribution in [0.5, 0.6) is 0 Å². The third-order valence-corrected chi connectivity index (χ3v) is 3.24. The highest BCUT2D eigenvalue weighted by Crippen LogP contribution is 2.16. The van der Waals surface area contributed by atoms with Crippen LogP contribution in [0.2, 0.25) is 0 Å². The Kier molecular flexibility index (Phi) is 5.97. The number of aryl methyl sites for hydroxylation is 1. The van der Waals surface area contributed by atoms with Crippen molar-refractivity contribution in [3.8, 4) is 0 Å². The standard InChI is InChI=1S/C17H25NO4/c1-6-13-7-9-14(10-8-13)11-18(12(2)15(19)20)16(21)22-17(3,4)5/h7-10,12H,6,11H2,1-5H3,(H,19,20). The van der Waals surface area contributed by atoms with Crippen molar-refractivity contribution in [2.45, 2.75) is 59.2 Å². The Labute approximate surface area is 131 Å². The fourth-order valence-electron chi connectivity index (χ4n) is 1.89. The summed E-state index contributed by atoms with van der Waals surface area (Å²) in [6.45, 7) is 9.01. The highest BCUT2D eigenvalue weighted by Gasteiger charge is 2.29. The number of carboxylic acid groups (broad SMARTS) is 1. The van der Waals surface area contributed by atoms with Gasteiger partial charge in [0, 0.05) is 6.54 Å². The molecule has 1 atom stereocenters. The Balaban J connectivity index is 2.94. The van der Waals surface area contributed by atoms with Gasteiger partial charge in [0.2, 0.25) is 0 Å². The van der Waals surface area contributed by atoms with Gasteiger partial charge in [0.1, 0.15) is 11.6 Å². The summed E-state index contributed by atoms with van der Waals surface area (Å²) in [4.78, 5) is 24.8. The Hall–Kier alpha value is -2.04. The summed E-state index contributed by atoms with van der Waals surface area (Å²) in [6.07, 6.45) is 0.309. The molecule has 5 nitrogen and oxygen atoms in total. The molecule has 0 spiro atoms. The van der Waals surface area contributed by atoms with Crippen LogP contribution in [0.4, 0.5) is 4.79 Å². The van der Waals surface area contributed by atoms with Crippen molar-refractivity contribution in [2.75, 3.05) is 0 Å². The first-order valence-corrected chi connectivity index (χ1v) is 7.44. The van der Waals surface area contributed by atoms with E-state index < -0.39 is 23.7 Å². The fourth-order valence-corrected chi connectivity index (χ4v) is 1.89. The lowest BCUT2D eigenvalue weighted by Crippen LogP contribution is -2.45. The molecule has 0 heterocycles. The van der Waals surface area contributed by atoms with E-state index in [9.17, 15) is 14.7 Å². The molecule has 1 rings (SSSR count). The van der Waals surface area contributed by atoms with Crippen molar-refractivity contribution in [3.63, 3.8) is 0 Å². The molecule has 0 fully saturated rings. The van der Waals surface area contributed by atoms with E-state index in [-0.39, 0.29) is 6.54 Å². The molecule has 1 aromatic carbocycles. The number of benzene rings is 1. The second kappa shape index (κ2) is 7.29. The third-order valence-electron chi connectivity index (χ3n) is 3.24. The molecule has 1 N–H and O–H groups in total. The number of hydrogen-bond acceptors (Lipinski definition) is 3. The van der Waals surface area contributed by atoms with Crippen LogP contribution in [-0.2, 0) is 22.5 Å². The van der Waals surface area contributed by atoms with Crippen LogP contribution >= 0.6 is 0 Å². The largest absolute Gasteiger partial charge is 0.480 e. The molecular formula is C17H25NO4. The molecule has 0 aliphatic carbocycles. The van der Waals surface area contributed by atoms with Gasteiger partial charge in [-0.15, -0.1) is 0 Å². The minimum atomic E-state index is -1.06. The average Bonchev–Trinajstić information content (AvgIpc) is 2.42. The van der Waals surface area contributed by atoms with E-state index in [1.165, 1.54) is 17.4 Å². The topological polar surface area (TPSA) is 66.8 Å². The number of carboxylic acids is 1. The van der Waals surface area contributed by atoms with E-state index in [4.69, 9.17) is 4.74 Å². The maximum absolute atomic E-state index is 12.3. The first-order chi connectivity index (χ1) is 10.1. The van der Waals surface area contributed by atoms with Gasteiger partial charge in [-0.05, 0) is 45.2 Å². The molecule has 0 saturated heterocycles. The molecule has 1 amide bonds. The minimum Gasteiger partial charge on any atom is -0.480 e. The van der Waals surface area contributed by atoms with Gasteiger partial charge in [0.15, 0.2) is 0 Å². The van der Waals surface area contributed by atoms with Gasteiger partial charge in [-0.3, -0.25) is 4.90 Å². The molecule has 1 aromatic rings. The van der Waals surface area contributed by atoms with E-state index in [1.807, 2.05) is 24.3 Å². The van der Waals surface area contributed by atoms with Crippen LogP contribution in [0.15, 0.2) is 24.3 Å². The van der Waals surface area contributed by atoms with Crippen LogP contribution in [0.25, 0.3) is 0 Å². The molecule has 5 heteroatoms. The van der Waals surface area contributed by atoms with Gasteiger partial charge in [-0.1, -0.05) is 31.2 Å². The van der Waals surface area contributed by atoms with Crippen LogP contribution < -0.4 is 0 Å². The molecule has 0 radical (unpaired) electrons. The number of hydrogen-bond donors (Lipinski definition) is 1. The highest BCUT2D eigenvalue weighted by atomic mass is 16.6. The Morgan fingerprint density at radius 3 is 2.09 bits per heavy atom. The third kappa shape index (κ3) is 5.39. The minimum absolute atomic E-state index is 0.201. The maximum Gasteiger partial charge on any atom is 0.411 e. The van der Waals surface area contributed by atoms with Gasteiger partial charge in [0.05, 0.1) is 0 Å². The molecule has 0 aliphatic heterocycles. The quantitative estimate of drug-likeness (QED) is 0.904. The molecule has 122 valence electrons. The Morgan fingerprint density at radius 1 is 1.18 bits per heavy atom. The monoisotopic (exact) mass is 307 g/mol. The predicted octanol–water partition coefficient (Wildman–Crippen LogP) is 3.46. The molecule has 0 bridgehead atoms. The average molecular weight is 307 g/mol. The number of ether oxygens (including phenoxy) is 1. The molecule has 22 heavy (non-hydrogen) atoms. The predicted molar refractivity (Wildman–Crippen MR) is 84.7 cm³/mol. The molecular weight excluding hydrogens is 282 g/mol. The fraction of sp³-hybridized carbons (Fsp3) is 0.529. The van der Waals surface area contributed by atoms with Gasteiger partial charge in [0.25, 0.3) is 0 Å². The summed E-state index contributed by atoms with van der Waals surface area (Å²) in [6, 6.07) is 6.82. The Morgan fingerprint density at radius 2 is 1.68 bits per heavy atom.